The highest BCUT2D eigenvalue weighted by molar-refractivity contribution is 6.01. The zero-order valence-electron chi connectivity index (χ0n) is 25.7. The number of carbonyl (C=O) groups excluding carboxylic acids is 3. The summed E-state index contributed by atoms with van der Waals surface area (Å²) < 4.78 is 16.4. The minimum absolute atomic E-state index is 0.0537. The van der Waals surface area contributed by atoms with E-state index in [0.717, 1.165) is 11.3 Å². The molecule has 4 N–H and O–H groups in total. The highest BCUT2D eigenvalue weighted by Crippen LogP contribution is 2.35. The second kappa shape index (κ2) is 15.0. The molecule has 2 unspecified atom stereocenters. The van der Waals surface area contributed by atoms with E-state index < -0.39 is 29.9 Å². The molecular weight excluding hydrogens is 580 g/mol. The summed E-state index contributed by atoms with van der Waals surface area (Å²) in [6.07, 6.45) is -0.0420. The minimum atomic E-state index is -1.10. The van der Waals surface area contributed by atoms with Crippen LogP contribution in [0.15, 0.2) is 66.7 Å². The molecule has 2 atom stereocenters. The molecule has 4 rings (SSSR count). The summed E-state index contributed by atoms with van der Waals surface area (Å²) in [5.41, 5.74) is 2.81. The number of para-hydroxylation sites is 1. The Bertz CT molecular complexity index is 1530. The first kappa shape index (κ1) is 32.6. The van der Waals surface area contributed by atoms with Crippen LogP contribution in [0.4, 0.5) is 16.2 Å². The lowest BCUT2D eigenvalue weighted by Crippen LogP contribution is -2.49. The fourth-order valence-corrected chi connectivity index (χ4v) is 4.71. The predicted octanol–water partition coefficient (Wildman–Crippen LogP) is 4.63. The number of anilines is 2. The van der Waals surface area contributed by atoms with E-state index in [1.165, 1.54) is 4.90 Å². The van der Waals surface area contributed by atoms with E-state index >= 15 is 0 Å². The van der Waals surface area contributed by atoms with Crippen LogP contribution in [-0.4, -0.2) is 55.4 Å². The van der Waals surface area contributed by atoms with Crippen LogP contribution in [-0.2, 0) is 14.4 Å². The number of aliphatic carboxylic acids is 1. The van der Waals surface area contributed by atoms with E-state index in [9.17, 15) is 24.3 Å². The Hall–Kier alpha value is -5.26. The van der Waals surface area contributed by atoms with Gasteiger partial charge >= 0.3 is 12.0 Å². The zero-order valence-corrected chi connectivity index (χ0v) is 25.7. The Morgan fingerprint density at radius 1 is 0.956 bits per heavy atom. The van der Waals surface area contributed by atoms with Gasteiger partial charge in [-0.05, 0) is 72.9 Å². The summed E-state index contributed by atoms with van der Waals surface area (Å²) in [5, 5.41) is 17.9. The van der Waals surface area contributed by atoms with Crippen LogP contribution >= 0.6 is 0 Å². The standard InChI is InChI=1S/C33H38N4O8/c1-20(2)15-27(32(41)35-26(17-31(39)40)22-9-14-28-29(16-22)45-19-44-28)34-30(38)18-43-24-12-10-23(11-13-24)37(4)33(42)36-25-8-6-5-7-21(25)3/h5-14,16,20,26-27H,15,17-19H2,1-4H3,(H,34,38)(H,35,41)(H,36,42)(H,39,40). The number of carboxylic acids is 1. The third-order valence-electron chi connectivity index (χ3n) is 7.14. The molecule has 0 saturated heterocycles. The SMILES string of the molecule is Cc1ccccc1NC(=O)N(C)c1ccc(OCC(=O)NC(CC(C)C)C(=O)NC(CC(=O)O)c2ccc3c(c2)OCO3)cc1. The summed E-state index contributed by atoms with van der Waals surface area (Å²) in [7, 11) is 1.64. The Labute approximate surface area is 261 Å². The molecule has 12 nitrogen and oxygen atoms in total. The average Bonchev–Trinajstić information content (AvgIpc) is 3.48. The van der Waals surface area contributed by atoms with Crippen molar-refractivity contribution in [3.05, 3.63) is 77.9 Å². The molecule has 0 saturated carbocycles. The molecule has 0 radical (unpaired) electrons. The van der Waals surface area contributed by atoms with Gasteiger partial charge in [0.1, 0.15) is 11.8 Å². The number of amides is 4. The maximum atomic E-state index is 13.3. The summed E-state index contributed by atoms with van der Waals surface area (Å²) in [6, 6.07) is 17.0. The second-order valence-electron chi connectivity index (χ2n) is 11.1. The van der Waals surface area contributed by atoms with Gasteiger partial charge in [0.05, 0.1) is 12.5 Å². The Morgan fingerprint density at radius 2 is 1.67 bits per heavy atom. The lowest BCUT2D eigenvalue weighted by Gasteiger charge is -2.24. The molecular formula is C33H38N4O8. The Morgan fingerprint density at radius 3 is 2.36 bits per heavy atom. The largest absolute Gasteiger partial charge is 0.484 e. The molecule has 0 fully saturated rings. The number of hydrogen-bond acceptors (Lipinski definition) is 7. The smallest absolute Gasteiger partial charge is 0.326 e. The number of carboxylic acid groups (broad SMARTS) is 1. The number of nitrogens with zero attached hydrogens (tertiary/aromatic N) is 1. The monoisotopic (exact) mass is 618 g/mol. The van der Waals surface area contributed by atoms with Gasteiger partial charge in [-0.1, -0.05) is 38.1 Å². The highest BCUT2D eigenvalue weighted by Gasteiger charge is 2.27. The lowest BCUT2D eigenvalue weighted by molar-refractivity contribution is -0.138. The fourth-order valence-electron chi connectivity index (χ4n) is 4.71. The average molecular weight is 619 g/mol. The number of benzene rings is 3. The molecule has 3 aromatic carbocycles. The maximum absolute atomic E-state index is 13.3. The molecule has 3 aromatic rings. The summed E-state index contributed by atoms with van der Waals surface area (Å²) >= 11 is 0. The first-order valence-corrected chi connectivity index (χ1v) is 14.5. The number of aryl methyl sites for hydroxylation is 1. The number of ether oxygens (including phenoxy) is 3. The quantitative estimate of drug-likeness (QED) is 0.216. The third kappa shape index (κ3) is 9.12. The van der Waals surface area contributed by atoms with Crippen molar-refractivity contribution in [1.82, 2.24) is 10.6 Å². The zero-order chi connectivity index (χ0) is 32.5. The van der Waals surface area contributed by atoms with Gasteiger partial charge in [0.2, 0.25) is 12.7 Å². The number of carbonyl (C=O) groups is 4. The molecule has 0 aromatic heterocycles. The van der Waals surface area contributed by atoms with E-state index in [4.69, 9.17) is 14.2 Å². The van der Waals surface area contributed by atoms with Crippen molar-refractivity contribution in [1.29, 1.82) is 0 Å². The number of nitrogens with one attached hydrogen (secondary N) is 3. The van der Waals surface area contributed by atoms with Gasteiger partial charge in [0.15, 0.2) is 18.1 Å². The van der Waals surface area contributed by atoms with Crippen molar-refractivity contribution in [3.63, 3.8) is 0 Å². The number of rotatable bonds is 13. The molecule has 0 aliphatic carbocycles. The van der Waals surface area contributed by atoms with E-state index in [1.54, 1.807) is 49.5 Å². The van der Waals surface area contributed by atoms with Crippen molar-refractivity contribution in [2.75, 3.05) is 30.7 Å². The van der Waals surface area contributed by atoms with Crippen LogP contribution in [0.3, 0.4) is 0 Å². The minimum Gasteiger partial charge on any atom is -0.484 e. The molecule has 238 valence electrons. The third-order valence-corrected chi connectivity index (χ3v) is 7.14. The van der Waals surface area contributed by atoms with Crippen LogP contribution in [0.1, 0.15) is 43.9 Å². The van der Waals surface area contributed by atoms with Crippen LogP contribution in [0.25, 0.3) is 0 Å². The molecule has 12 heteroatoms. The van der Waals surface area contributed by atoms with Crippen molar-refractivity contribution in [3.8, 4) is 17.2 Å². The van der Waals surface area contributed by atoms with Gasteiger partial charge in [-0.3, -0.25) is 19.3 Å². The lowest BCUT2D eigenvalue weighted by atomic mass is 10.00. The molecule has 0 spiro atoms. The van der Waals surface area contributed by atoms with E-state index in [2.05, 4.69) is 16.0 Å². The molecule has 4 amide bonds. The fraction of sp³-hybridized carbons (Fsp3) is 0.333. The van der Waals surface area contributed by atoms with Crippen LogP contribution in [0.5, 0.6) is 17.2 Å². The van der Waals surface area contributed by atoms with Crippen molar-refractivity contribution >= 4 is 35.2 Å². The first-order valence-electron chi connectivity index (χ1n) is 14.5. The van der Waals surface area contributed by atoms with Gasteiger partial charge < -0.3 is 35.3 Å². The highest BCUT2D eigenvalue weighted by atomic mass is 16.7. The van der Waals surface area contributed by atoms with E-state index in [-0.39, 0.29) is 31.8 Å². The van der Waals surface area contributed by atoms with Crippen molar-refractivity contribution < 1.29 is 38.5 Å². The Kier molecular flexibility index (Phi) is 10.9. The van der Waals surface area contributed by atoms with Crippen LogP contribution in [0.2, 0.25) is 0 Å². The molecule has 1 aliphatic rings. The second-order valence-corrected chi connectivity index (χ2v) is 11.1. The van der Waals surface area contributed by atoms with Crippen molar-refractivity contribution in [2.45, 2.75) is 45.7 Å². The number of fused-ring (bicyclic) bond motifs is 1. The first-order chi connectivity index (χ1) is 21.5. The summed E-state index contributed by atoms with van der Waals surface area (Å²) in [6.45, 7) is 5.44. The predicted molar refractivity (Wildman–Crippen MR) is 168 cm³/mol. The molecule has 0 bridgehead atoms. The molecule has 1 heterocycles. The number of hydrogen-bond donors (Lipinski definition) is 4. The molecule has 1 aliphatic heterocycles. The molecule has 45 heavy (non-hydrogen) atoms. The normalized spacial score (nSPS) is 13.0. The van der Waals surface area contributed by atoms with Gasteiger partial charge in [-0.2, -0.15) is 0 Å². The topological polar surface area (TPSA) is 156 Å². The van der Waals surface area contributed by atoms with Gasteiger partial charge in [0.25, 0.3) is 5.91 Å². The van der Waals surface area contributed by atoms with Gasteiger partial charge in [-0.25, -0.2) is 4.79 Å². The van der Waals surface area contributed by atoms with E-state index in [1.807, 2.05) is 45.0 Å². The number of urea groups is 1. The van der Waals surface area contributed by atoms with Crippen molar-refractivity contribution in [2.24, 2.45) is 5.92 Å². The maximum Gasteiger partial charge on any atom is 0.326 e. The summed E-state index contributed by atoms with van der Waals surface area (Å²) in [5.74, 6) is -0.681. The summed E-state index contributed by atoms with van der Waals surface area (Å²) in [4.78, 5) is 51.9. The van der Waals surface area contributed by atoms with Crippen LogP contribution in [0, 0.1) is 12.8 Å². The van der Waals surface area contributed by atoms with E-state index in [0.29, 0.717) is 34.9 Å². The Balaban J connectivity index is 1.34. The van der Waals surface area contributed by atoms with Crippen LogP contribution < -0.4 is 35.1 Å². The van der Waals surface area contributed by atoms with Gasteiger partial charge in [0, 0.05) is 18.4 Å². The van der Waals surface area contributed by atoms with Gasteiger partial charge in [-0.15, -0.1) is 0 Å².